The first kappa shape index (κ1) is 27.6. The zero-order chi connectivity index (χ0) is 20.1. The maximum atomic E-state index is 11.5. The zero-order valence-corrected chi connectivity index (χ0v) is 19.8. The highest BCUT2D eigenvalue weighted by Crippen LogP contribution is 2.58. The van der Waals surface area contributed by atoms with E-state index in [1.54, 1.807) is 6.92 Å². The van der Waals surface area contributed by atoms with Gasteiger partial charge < -0.3 is 29.7 Å². The number of carboxylic acid groups (broad SMARTS) is 2. The average Bonchev–Trinajstić information content (AvgIpc) is 2.61. The predicted octanol–water partition coefficient (Wildman–Crippen LogP) is 3.12. The highest BCUT2D eigenvalue weighted by molar-refractivity contribution is 9.29. The molecule has 1 atom stereocenters. The minimum absolute atomic E-state index is 0.0579. The van der Waals surface area contributed by atoms with Gasteiger partial charge in [0, 0.05) is 9.83 Å². The van der Waals surface area contributed by atoms with Crippen LogP contribution in [0, 0.1) is 5.41 Å². The number of carboxylic acids is 2. The molecule has 0 aliphatic rings. The van der Waals surface area contributed by atoms with Crippen molar-refractivity contribution in [2.24, 2.45) is 5.41 Å². The van der Waals surface area contributed by atoms with Gasteiger partial charge in [-0.2, -0.15) is 0 Å². The summed E-state index contributed by atoms with van der Waals surface area (Å²) in [6.45, 7) is 0.228. The van der Waals surface area contributed by atoms with Crippen LogP contribution in [0.4, 0.5) is 0 Å². The summed E-state index contributed by atoms with van der Waals surface area (Å²) in [7, 11) is 8.09. The molecule has 0 rings (SSSR count). The Labute approximate surface area is 181 Å². The highest BCUT2D eigenvalue weighted by Gasteiger charge is 2.36. The van der Waals surface area contributed by atoms with E-state index in [1.165, 1.54) is 39.3 Å². The fraction of sp³-hybridized carbons (Fsp3) is 0.800. The number of aliphatic hydroxyl groups excluding tert-OH is 3. The van der Waals surface area contributed by atoms with Crippen LogP contribution in [0.2, 0.25) is 0 Å². The third kappa shape index (κ3) is 11.5. The van der Waals surface area contributed by atoms with Crippen LogP contribution in [-0.4, -0.2) is 73.7 Å². The van der Waals surface area contributed by atoms with E-state index in [1.807, 2.05) is 0 Å². The van der Waals surface area contributed by atoms with Crippen molar-refractivity contribution in [1.82, 2.24) is 0 Å². The van der Waals surface area contributed by atoms with Gasteiger partial charge in [-0.1, -0.05) is 32.4 Å². The van der Waals surface area contributed by atoms with E-state index >= 15 is 0 Å². The maximum absolute atomic E-state index is 11.5. The summed E-state index contributed by atoms with van der Waals surface area (Å²) >= 11 is 0.956. The van der Waals surface area contributed by atoms with Gasteiger partial charge in [0.15, 0.2) is 4.08 Å². The van der Waals surface area contributed by atoms with Crippen molar-refractivity contribution in [3.8, 4) is 0 Å². The Balaban J connectivity index is 4.09. The lowest BCUT2D eigenvalue weighted by Gasteiger charge is -2.26. The molecule has 1 unspecified atom stereocenters. The van der Waals surface area contributed by atoms with Crippen molar-refractivity contribution in [3.05, 3.63) is 0 Å². The normalized spacial score (nSPS) is 14.2. The molecule has 0 bridgehead atoms. The number of aliphatic carboxylic acids is 2. The Bertz CT molecular complexity index is 418. The minimum Gasteiger partial charge on any atom is -0.481 e. The molecule has 0 heterocycles. The zero-order valence-electron chi connectivity index (χ0n) is 13.3. The first-order valence-corrected chi connectivity index (χ1v) is 16.2. The Hall–Kier alpha value is 1.58. The molecule has 0 spiro atoms. The summed E-state index contributed by atoms with van der Waals surface area (Å²) in [5, 5.41) is 45.4. The molecular formula is C10H18O8S8. The second-order valence-corrected chi connectivity index (χ2v) is 17.0. The molecule has 0 fully saturated rings. The Kier molecular flexibility index (Phi) is 16.4. The van der Waals surface area contributed by atoms with Crippen molar-refractivity contribution in [1.29, 1.82) is 0 Å². The van der Waals surface area contributed by atoms with Gasteiger partial charge in [0.05, 0.1) is 42.9 Å². The summed E-state index contributed by atoms with van der Waals surface area (Å²) < 4.78 is 4.08. The summed E-state index contributed by atoms with van der Waals surface area (Å²) in [6, 6.07) is 0. The lowest BCUT2D eigenvalue weighted by Crippen LogP contribution is -2.37. The quantitative estimate of drug-likeness (QED) is 0.0824. The molecule has 0 saturated heterocycles. The lowest BCUT2D eigenvalue weighted by molar-refractivity contribution is -0.137. The van der Waals surface area contributed by atoms with Crippen LogP contribution in [-0.2, 0) is 13.8 Å². The van der Waals surface area contributed by atoms with Crippen LogP contribution in [0.1, 0.15) is 6.92 Å². The van der Waals surface area contributed by atoms with E-state index in [9.17, 15) is 14.7 Å². The van der Waals surface area contributed by atoms with Crippen molar-refractivity contribution < 1.29 is 39.3 Å². The van der Waals surface area contributed by atoms with Crippen LogP contribution in [0.3, 0.4) is 0 Å². The molecule has 5 N–H and O–H groups in total. The lowest BCUT2D eigenvalue weighted by atomic mass is 9.93. The van der Waals surface area contributed by atoms with Gasteiger partial charge in [0.1, 0.15) is 5.75 Å². The molecular weight excluding hydrogens is 505 g/mol. The first-order valence-electron chi connectivity index (χ1n) is 6.47. The van der Waals surface area contributed by atoms with Crippen LogP contribution >= 0.6 is 82.8 Å². The van der Waals surface area contributed by atoms with Gasteiger partial charge in [-0.25, -0.2) is 4.79 Å². The van der Waals surface area contributed by atoms with Crippen molar-refractivity contribution in [3.63, 3.8) is 0 Å². The Morgan fingerprint density at radius 1 is 0.923 bits per heavy atom. The maximum Gasteiger partial charge on any atom is 0.331 e. The molecule has 8 nitrogen and oxygen atoms in total. The van der Waals surface area contributed by atoms with Crippen LogP contribution in [0.5, 0.6) is 0 Å². The average molecular weight is 523 g/mol. The van der Waals surface area contributed by atoms with Gasteiger partial charge >= 0.3 is 11.9 Å². The molecule has 0 aliphatic heterocycles. The summed E-state index contributed by atoms with van der Waals surface area (Å²) in [4.78, 5) is 21.9. The monoisotopic (exact) mass is 522 g/mol. The second kappa shape index (κ2) is 15.4. The largest absolute Gasteiger partial charge is 0.481 e. The van der Waals surface area contributed by atoms with E-state index in [2.05, 4.69) is 0 Å². The van der Waals surface area contributed by atoms with Crippen LogP contribution < -0.4 is 0 Å². The molecule has 16 heteroatoms. The Morgan fingerprint density at radius 2 is 1.46 bits per heavy atom. The van der Waals surface area contributed by atoms with Gasteiger partial charge in [-0.3, -0.25) is 4.79 Å². The van der Waals surface area contributed by atoms with E-state index in [4.69, 9.17) is 24.6 Å². The van der Waals surface area contributed by atoms with Gasteiger partial charge in [-0.05, 0) is 36.4 Å². The van der Waals surface area contributed by atoms with Crippen LogP contribution in [0.15, 0.2) is 0 Å². The second-order valence-electron chi connectivity index (χ2n) is 4.65. The topological polar surface area (TPSA) is 145 Å². The molecule has 0 aromatic carbocycles. The van der Waals surface area contributed by atoms with Crippen LogP contribution in [0.25, 0.3) is 0 Å². The Morgan fingerprint density at radius 3 is 1.92 bits per heavy atom. The van der Waals surface area contributed by atoms with Crippen molar-refractivity contribution >= 4 is 94.7 Å². The third-order valence-electron chi connectivity index (χ3n) is 2.51. The SMILES string of the molecule is CC(SSSSCC(=O)O)(SSSSOCC(CO)(CO)CO)C(=O)O. The molecule has 0 aromatic heterocycles. The highest BCUT2D eigenvalue weighted by atomic mass is 33.7. The molecule has 154 valence electrons. The number of hydrogen-bond acceptors (Lipinski definition) is 14. The van der Waals surface area contributed by atoms with E-state index < -0.39 is 41.3 Å². The predicted molar refractivity (Wildman–Crippen MR) is 119 cm³/mol. The first-order chi connectivity index (χ1) is 12.2. The smallest absolute Gasteiger partial charge is 0.331 e. The third-order valence-corrected chi connectivity index (χ3v) is 16.0. The summed E-state index contributed by atoms with van der Waals surface area (Å²) in [5.74, 6) is -2.01. The minimum atomic E-state index is -1.15. The molecule has 0 aromatic rings. The number of carbonyl (C=O) groups is 2. The van der Waals surface area contributed by atoms with E-state index in [0.717, 1.165) is 43.5 Å². The molecule has 0 radical (unpaired) electrons. The number of rotatable bonds is 17. The van der Waals surface area contributed by atoms with Gasteiger partial charge in [-0.15, -0.1) is 0 Å². The summed E-state index contributed by atoms with van der Waals surface area (Å²) in [6.07, 6.45) is 0. The standard InChI is InChI=1S/C10H18O8S8/c1-9(8(16)17,20-24-23-19-2-7(14)15)21-25-26-22-18-6-10(3-11,4-12)5-13/h11-13H,2-6H2,1H3,(H,14,15)(H,16,17). The molecule has 0 amide bonds. The van der Waals surface area contributed by atoms with Crippen molar-refractivity contribution in [2.75, 3.05) is 32.2 Å². The van der Waals surface area contributed by atoms with E-state index in [0.29, 0.717) is 0 Å². The molecule has 26 heavy (non-hydrogen) atoms. The molecule has 0 saturated carbocycles. The van der Waals surface area contributed by atoms with Gasteiger partial charge in [0.2, 0.25) is 0 Å². The van der Waals surface area contributed by atoms with Crippen molar-refractivity contribution in [2.45, 2.75) is 11.0 Å². The summed E-state index contributed by atoms with van der Waals surface area (Å²) in [5.41, 5.74) is -1.11. The molecule has 0 aliphatic carbocycles. The number of hydrogen-bond donors (Lipinski definition) is 5. The number of aliphatic hydroxyl groups is 3. The van der Waals surface area contributed by atoms with Gasteiger partial charge in [0.25, 0.3) is 0 Å². The van der Waals surface area contributed by atoms with E-state index in [-0.39, 0.29) is 12.4 Å². The fourth-order valence-electron chi connectivity index (χ4n) is 0.804. The fourth-order valence-corrected chi connectivity index (χ4v) is 14.0.